The molecule has 0 spiro atoms. The first kappa shape index (κ1) is 20.2. The molecule has 5 nitrogen and oxygen atoms in total. The largest absolute Gasteiger partial charge is 0.357 e. The van der Waals surface area contributed by atoms with Gasteiger partial charge in [0.2, 0.25) is 0 Å². The summed E-state index contributed by atoms with van der Waals surface area (Å²) in [5.41, 5.74) is 0. The maximum atomic E-state index is 4.86. The summed E-state index contributed by atoms with van der Waals surface area (Å²) in [6, 6.07) is 0. The van der Waals surface area contributed by atoms with E-state index in [-0.39, 0.29) is 0 Å². The fourth-order valence-corrected chi connectivity index (χ4v) is 4.18. The monoisotopic (exact) mass is 365 g/mol. The van der Waals surface area contributed by atoms with Crippen LogP contribution in [-0.2, 0) is 12.8 Å². The molecule has 1 N–H and O–H groups in total. The van der Waals surface area contributed by atoms with Crippen molar-refractivity contribution in [2.45, 2.75) is 47.0 Å². The van der Waals surface area contributed by atoms with Gasteiger partial charge in [0.05, 0.1) is 5.01 Å². The number of nitrogens with zero attached hydrogens (tertiary/aromatic N) is 4. The smallest absolute Gasteiger partial charge is 0.193 e. The Kier molecular flexibility index (Phi) is 8.68. The maximum absolute atomic E-state index is 4.86. The number of hydrogen-bond donors (Lipinski definition) is 1. The van der Waals surface area contributed by atoms with Gasteiger partial charge in [0.25, 0.3) is 0 Å². The van der Waals surface area contributed by atoms with Crippen LogP contribution in [0.25, 0.3) is 0 Å². The van der Waals surface area contributed by atoms with Gasteiger partial charge in [-0.25, -0.2) is 4.98 Å². The van der Waals surface area contributed by atoms with Gasteiger partial charge in [0, 0.05) is 50.2 Å². The van der Waals surface area contributed by atoms with Crippen molar-refractivity contribution >= 4 is 17.3 Å². The Bertz CT molecular complexity index is 524. The Hall–Kier alpha value is -1.14. The predicted molar refractivity (Wildman–Crippen MR) is 109 cm³/mol. The van der Waals surface area contributed by atoms with Crippen molar-refractivity contribution < 1.29 is 0 Å². The second-order valence-electron chi connectivity index (χ2n) is 6.65. The summed E-state index contributed by atoms with van der Waals surface area (Å²) in [4.78, 5) is 15.7. The normalized spacial score (nSPS) is 18.4. The minimum absolute atomic E-state index is 0.759. The Labute approximate surface area is 157 Å². The van der Waals surface area contributed by atoms with Gasteiger partial charge in [-0.15, -0.1) is 11.3 Å². The first-order valence-corrected chi connectivity index (χ1v) is 10.7. The molecular weight excluding hydrogens is 330 g/mol. The SMILES string of the molecule is CCNC(=NCCc1ncc(CC)s1)N1CCC(CN(CC)CC)C1. The molecule has 1 aromatic rings. The van der Waals surface area contributed by atoms with Crippen molar-refractivity contribution in [3.8, 4) is 0 Å². The molecule has 2 rings (SSSR count). The summed E-state index contributed by atoms with van der Waals surface area (Å²) in [5.74, 6) is 1.84. The molecule has 2 heterocycles. The Morgan fingerprint density at radius 1 is 1.36 bits per heavy atom. The number of aryl methyl sites for hydroxylation is 1. The van der Waals surface area contributed by atoms with E-state index in [1.807, 2.05) is 17.5 Å². The second kappa shape index (κ2) is 10.8. The van der Waals surface area contributed by atoms with Crippen LogP contribution in [0.15, 0.2) is 11.2 Å². The molecule has 25 heavy (non-hydrogen) atoms. The molecule has 0 bridgehead atoms. The fraction of sp³-hybridized carbons (Fsp3) is 0.789. The first-order valence-electron chi connectivity index (χ1n) is 9.89. The van der Waals surface area contributed by atoms with Gasteiger partial charge in [0.1, 0.15) is 0 Å². The van der Waals surface area contributed by atoms with Gasteiger partial charge in [0.15, 0.2) is 5.96 Å². The van der Waals surface area contributed by atoms with Gasteiger partial charge in [-0.2, -0.15) is 0 Å². The van der Waals surface area contributed by atoms with Crippen molar-refractivity contribution in [3.63, 3.8) is 0 Å². The second-order valence-corrected chi connectivity index (χ2v) is 7.85. The Balaban J connectivity index is 1.86. The number of aromatic nitrogens is 1. The lowest BCUT2D eigenvalue weighted by atomic mass is 10.1. The lowest BCUT2D eigenvalue weighted by Gasteiger charge is -2.24. The van der Waals surface area contributed by atoms with E-state index >= 15 is 0 Å². The quantitative estimate of drug-likeness (QED) is 0.540. The molecule has 0 aliphatic carbocycles. The third kappa shape index (κ3) is 6.26. The Morgan fingerprint density at radius 2 is 2.16 bits per heavy atom. The molecule has 142 valence electrons. The number of aliphatic imine (C=N–C) groups is 1. The topological polar surface area (TPSA) is 43.8 Å². The molecule has 1 fully saturated rings. The van der Waals surface area contributed by atoms with E-state index < -0.39 is 0 Å². The molecule has 1 atom stereocenters. The molecule has 1 unspecified atom stereocenters. The first-order chi connectivity index (χ1) is 12.2. The highest BCUT2D eigenvalue weighted by atomic mass is 32.1. The highest BCUT2D eigenvalue weighted by Crippen LogP contribution is 2.18. The van der Waals surface area contributed by atoms with E-state index in [2.05, 4.69) is 47.8 Å². The molecule has 0 saturated carbocycles. The maximum Gasteiger partial charge on any atom is 0.193 e. The summed E-state index contributed by atoms with van der Waals surface area (Å²) in [7, 11) is 0. The van der Waals surface area contributed by atoms with Crippen LogP contribution < -0.4 is 5.32 Å². The van der Waals surface area contributed by atoms with Crippen molar-refractivity contribution in [2.24, 2.45) is 10.9 Å². The molecular formula is C19H35N5S. The van der Waals surface area contributed by atoms with Crippen LogP contribution in [0.3, 0.4) is 0 Å². The molecule has 1 aliphatic rings. The third-order valence-corrected chi connectivity index (χ3v) is 6.07. The zero-order valence-electron chi connectivity index (χ0n) is 16.4. The van der Waals surface area contributed by atoms with Gasteiger partial charge < -0.3 is 15.1 Å². The lowest BCUT2D eigenvalue weighted by Crippen LogP contribution is -2.41. The van der Waals surface area contributed by atoms with Crippen molar-refractivity contribution in [1.82, 2.24) is 20.1 Å². The standard InChI is InChI=1S/C19H35N5S/c1-5-17-13-22-18(25-17)9-11-21-19(20-6-2)24-12-10-16(15-24)14-23(7-3)8-4/h13,16H,5-12,14-15H2,1-4H3,(H,20,21). The number of likely N-dealkylation sites (tertiary alicyclic amines) is 1. The van der Waals surface area contributed by atoms with Gasteiger partial charge in [-0.05, 0) is 38.8 Å². The van der Waals surface area contributed by atoms with Crippen LogP contribution in [0.4, 0.5) is 0 Å². The van der Waals surface area contributed by atoms with Crippen LogP contribution >= 0.6 is 11.3 Å². The number of thiazole rings is 1. The summed E-state index contributed by atoms with van der Waals surface area (Å²) in [5, 5.41) is 4.68. The predicted octanol–water partition coefficient (Wildman–Crippen LogP) is 2.88. The molecule has 1 aliphatic heterocycles. The van der Waals surface area contributed by atoms with Crippen molar-refractivity contribution in [2.75, 3.05) is 45.8 Å². The number of rotatable bonds is 9. The molecule has 0 amide bonds. The summed E-state index contributed by atoms with van der Waals surface area (Å²) >= 11 is 1.82. The molecule has 0 aromatic carbocycles. The van der Waals surface area contributed by atoms with E-state index in [0.29, 0.717) is 0 Å². The van der Waals surface area contributed by atoms with E-state index in [9.17, 15) is 0 Å². The Morgan fingerprint density at radius 3 is 2.80 bits per heavy atom. The molecule has 0 radical (unpaired) electrons. The highest BCUT2D eigenvalue weighted by molar-refractivity contribution is 7.11. The summed E-state index contributed by atoms with van der Waals surface area (Å²) in [6.07, 6.45) is 5.29. The number of hydrogen-bond acceptors (Lipinski definition) is 4. The molecule has 6 heteroatoms. The minimum atomic E-state index is 0.759. The molecule has 1 saturated heterocycles. The van der Waals surface area contributed by atoms with E-state index in [1.54, 1.807) is 0 Å². The van der Waals surface area contributed by atoms with Crippen LogP contribution in [0, 0.1) is 5.92 Å². The van der Waals surface area contributed by atoms with Gasteiger partial charge in [-0.3, -0.25) is 4.99 Å². The van der Waals surface area contributed by atoms with Crippen LogP contribution in [-0.4, -0.2) is 66.6 Å². The zero-order valence-corrected chi connectivity index (χ0v) is 17.2. The lowest BCUT2D eigenvalue weighted by molar-refractivity contribution is 0.255. The van der Waals surface area contributed by atoms with Crippen LogP contribution in [0.5, 0.6) is 0 Å². The number of guanidine groups is 1. The zero-order chi connectivity index (χ0) is 18.1. The van der Waals surface area contributed by atoms with E-state index in [0.717, 1.165) is 64.0 Å². The highest BCUT2D eigenvalue weighted by Gasteiger charge is 2.25. The van der Waals surface area contributed by atoms with E-state index in [4.69, 9.17) is 4.99 Å². The third-order valence-electron chi connectivity index (χ3n) is 4.87. The van der Waals surface area contributed by atoms with E-state index in [1.165, 1.54) is 22.9 Å². The number of nitrogens with one attached hydrogen (secondary N) is 1. The van der Waals surface area contributed by atoms with Crippen LogP contribution in [0.1, 0.15) is 44.0 Å². The van der Waals surface area contributed by atoms with Gasteiger partial charge >= 0.3 is 0 Å². The summed E-state index contributed by atoms with van der Waals surface area (Å²) < 4.78 is 0. The average Bonchev–Trinajstić information content (AvgIpc) is 3.28. The van der Waals surface area contributed by atoms with Crippen LogP contribution in [0.2, 0.25) is 0 Å². The average molecular weight is 366 g/mol. The minimum Gasteiger partial charge on any atom is -0.357 e. The van der Waals surface area contributed by atoms with Crippen molar-refractivity contribution in [1.29, 1.82) is 0 Å². The van der Waals surface area contributed by atoms with Gasteiger partial charge in [-0.1, -0.05) is 20.8 Å². The van der Waals surface area contributed by atoms with Crippen molar-refractivity contribution in [3.05, 3.63) is 16.1 Å². The summed E-state index contributed by atoms with van der Waals surface area (Å²) in [6.45, 7) is 16.3. The molecule has 1 aromatic heterocycles. The fourth-order valence-electron chi connectivity index (χ4n) is 3.33.